The predicted molar refractivity (Wildman–Crippen MR) is 79.0 cm³/mol. The molecule has 0 saturated carbocycles. The zero-order valence-electron chi connectivity index (χ0n) is 12.5. The normalized spacial score (nSPS) is 10.4. The van der Waals surface area contributed by atoms with Crippen molar-refractivity contribution in [3.63, 3.8) is 0 Å². The van der Waals surface area contributed by atoms with Crippen LogP contribution in [-0.4, -0.2) is 45.9 Å². The molecule has 108 valence electrons. The Morgan fingerprint density at radius 1 is 1.20 bits per heavy atom. The first kappa shape index (κ1) is 14.0. The van der Waals surface area contributed by atoms with Gasteiger partial charge in [-0.2, -0.15) is 20.1 Å². The highest BCUT2D eigenvalue weighted by Gasteiger charge is 2.08. The van der Waals surface area contributed by atoms with Gasteiger partial charge in [0, 0.05) is 46.5 Å². The molecule has 0 amide bonds. The van der Waals surface area contributed by atoms with Crippen molar-refractivity contribution in [1.82, 2.24) is 24.7 Å². The van der Waals surface area contributed by atoms with E-state index >= 15 is 0 Å². The topological polar surface area (TPSA) is 83.8 Å². The van der Waals surface area contributed by atoms with Crippen LogP contribution in [0.1, 0.15) is 11.3 Å². The van der Waals surface area contributed by atoms with Gasteiger partial charge >= 0.3 is 0 Å². The highest BCUT2D eigenvalue weighted by Crippen LogP contribution is 2.12. The molecule has 2 heterocycles. The molecule has 20 heavy (non-hydrogen) atoms. The summed E-state index contributed by atoms with van der Waals surface area (Å²) in [6.07, 6.45) is 1.98. The second-order valence-electron chi connectivity index (χ2n) is 4.69. The van der Waals surface area contributed by atoms with Crippen molar-refractivity contribution >= 4 is 17.8 Å². The Bertz CT molecular complexity index is 589. The van der Waals surface area contributed by atoms with Crippen molar-refractivity contribution in [3.8, 4) is 0 Å². The highest BCUT2D eigenvalue weighted by molar-refractivity contribution is 5.43. The molecule has 8 nitrogen and oxygen atoms in total. The van der Waals surface area contributed by atoms with Crippen LogP contribution in [0.4, 0.5) is 17.8 Å². The maximum atomic E-state index is 4.36. The van der Waals surface area contributed by atoms with Crippen LogP contribution in [0.3, 0.4) is 0 Å². The molecular weight excluding hydrogens is 256 g/mol. The lowest BCUT2D eigenvalue weighted by Gasteiger charge is -2.13. The number of hydrogen-bond acceptors (Lipinski definition) is 7. The van der Waals surface area contributed by atoms with Crippen molar-refractivity contribution < 1.29 is 0 Å². The molecule has 0 radical (unpaired) electrons. The fourth-order valence-electron chi connectivity index (χ4n) is 1.75. The molecule has 2 aromatic rings. The molecule has 0 bridgehead atoms. The van der Waals surface area contributed by atoms with E-state index in [-0.39, 0.29) is 0 Å². The number of anilines is 3. The lowest BCUT2D eigenvalue weighted by Crippen LogP contribution is -2.16. The maximum Gasteiger partial charge on any atom is 0.231 e. The van der Waals surface area contributed by atoms with Gasteiger partial charge in [0.05, 0.1) is 5.69 Å². The van der Waals surface area contributed by atoms with Gasteiger partial charge < -0.3 is 15.5 Å². The number of rotatable bonds is 5. The smallest absolute Gasteiger partial charge is 0.231 e. The van der Waals surface area contributed by atoms with Crippen LogP contribution in [0.25, 0.3) is 0 Å². The van der Waals surface area contributed by atoms with Gasteiger partial charge in [-0.15, -0.1) is 0 Å². The monoisotopic (exact) mass is 276 g/mol. The summed E-state index contributed by atoms with van der Waals surface area (Å²) in [5.74, 6) is 1.68. The van der Waals surface area contributed by atoms with E-state index in [1.807, 2.05) is 39.2 Å². The van der Waals surface area contributed by atoms with Gasteiger partial charge in [0.25, 0.3) is 0 Å². The summed E-state index contributed by atoms with van der Waals surface area (Å²) >= 11 is 0. The van der Waals surface area contributed by atoms with Crippen LogP contribution >= 0.6 is 0 Å². The van der Waals surface area contributed by atoms with E-state index in [0.29, 0.717) is 24.4 Å². The summed E-state index contributed by atoms with van der Waals surface area (Å²) in [5.41, 5.74) is 2.11. The third-order valence-electron chi connectivity index (χ3n) is 2.80. The number of nitrogens with zero attached hydrogens (tertiary/aromatic N) is 6. The van der Waals surface area contributed by atoms with Crippen molar-refractivity contribution in [2.75, 3.05) is 36.7 Å². The number of aromatic nitrogens is 5. The second kappa shape index (κ2) is 5.72. The minimum atomic E-state index is 0.536. The molecular formula is C12H20N8. The zero-order valence-corrected chi connectivity index (χ0v) is 12.5. The predicted octanol–water partition coefficient (Wildman–Crippen LogP) is 0.633. The molecule has 0 saturated heterocycles. The first-order valence-electron chi connectivity index (χ1n) is 6.33. The van der Waals surface area contributed by atoms with Crippen LogP contribution in [-0.2, 0) is 13.6 Å². The zero-order chi connectivity index (χ0) is 14.7. The van der Waals surface area contributed by atoms with Crippen molar-refractivity contribution in [1.29, 1.82) is 0 Å². The molecule has 0 atom stereocenters. The molecule has 2 N–H and O–H groups in total. The molecule has 0 aliphatic rings. The van der Waals surface area contributed by atoms with Crippen LogP contribution < -0.4 is 15.5 Å². The van der Waals surface area contributed by atoms with Crippen LogP contribution in [0.5, 0.6) is 0 Å². The Kier molecular flexibility index (Phi) is 4.02. The third kappa shape index (κ3) is 3.14. The first-order chi connectivity index (χ1) is 9.49. The minimum absolute atomic E-state index is 0.536. The molecule has 8 heteroatoms. The van der Waals surface area contributed by atoms with E-state index in [1.165, 1.54) is 0 Å². The van der Waals surface area contributed by atoms with Crippen LogP contribution in [0.15, 0.2) is 6.20 Å². The van der Waals surface area contributed by atoms with Crippen molar-refractivity contribution in [2.24, 2.45) is 7.05 Å². The van der Waals surface area contributed by atoms with Gasteiger partial charge in [0.2, 0.25) is 17.8 Å². The lowest BCUT2D eigenvalue weighted by molar-refractivity contribution is 0.756. The van der Waals surface area contributed by atoms with Crippen molar-refractivity contribution in [3.05, 3.63) is 17.5 Å². The van der Waals surface area contributed by atoms with E-state index in [9.17, 15) is 0 Å². The van der Waals surface area contributed by atoms with Crippen LogP contribution in [0.2, 0.25) is 0 Å². The summed E-state index contributed by atoms with van der Waals surface area (Å²) in [7, 11) is 7.47. The SMILES string of the molecule is CNc1nc(NCc2cn(C)nc2C)nc(N(C)C)n1. The summed E-state index contributed by atoms with van der Waals surface area (Å²) < 4.78 is 1.80. The van der Waals surface area contributed by atoms with Crippen LogP contribution in [0, 0.1) is 6.92 Å². The molecule has 0 fully saturated rings. The van der Waals surface area contributed by atoms with E-state index in [4.69, 9.17) is 0 Å². The average Bonchev–Trinajstić information content (AvgIpc) is 2.74. The van der Waals surface area contributed by atoms with Crippen molar-refractivity contribution in [2.45, 2.75) is 13.5 Å². The molecule has 0 unspecified atom stereocenters. The first-order valence-corrected chi connectivity index (χ1v) is 6.33. The fraction of sp³-hybridized carbons (Fsp3) is 0.500. The molecule has 2 aromatic heterocycles. The number of aryl methyl sites for hydroxylation is 2. The fourth-order valence-corrected chi connectivity index (χ4v) is 1.75. The quantitative estimate of drug-likeness (QED) is 0.828. The standard InChI is InChI=1S/C12H20N8/c1-8-9(7-20(5)18-8)6-14-11-15-10(13-2)16-12(17-11)19(3)4/h7H,6H2,1-5H3,(H2,13,14,15,16,17). The van der Waals surface area contributed by atoms with Gasteiger partial charge in [-0.3, -0.25) is 4.68 Å². The number of nitrogens with one attached hydrogen (secondary N) is 2. The molecule has 2 rings (SSSR count). The van der Waals surface area contributed by atoms with Gasteiger partial charge in [-0.25, -0.2) is 0 Å². The van der Waals surface area contributed by atoms with E-state index in [0.717, 1.165) is 11.3 Å². The second-order valence-corrected chi connectivity index (χ2v) is 4.69. The largest absolute Gasteiger partial charge is 0.357 e. The Morgan fingerprint density at radius 2 is 1.90 bits per heavy atom. The van der Waals surface area contributed by atoms with E-state index in [2.05, 4.69) is 30.7 Å². The summed E-state index contributed by atoms with van der Waals surface area (Å²) in [4.78, 5) is 14.7. The van der Waals surface area contributed by atoms with E-state index < -0.39 is 0 Å². The Hall–Kier alpha value is -2.38. The Morgan fingerprint density at radius 3 is 2.45 bits per heavy atom. The summed E-state index contributed by atoms with van der Waals surface area (Å²) in [6, 6.07) is 0. The highest BCUT2D eigenvalue weighted by atomic mass is 15.3. The van der Waals surface area contributed by atoms with Gasteiger partial charge in [0.15, 0.2) is 0 Å². The summed E-state index contributed by atoms with van der Waals surface area (Å²) in [6.45, 7) is 2.61. The summed E-state index contributed by atoms with van der Waals surface area (Å²) in [5, 5.41) is 10.4. The average molecular weight is 276 g/mol. The molecule has 0 aliphatic carbocycles. The molecule has 0 spiro atoms. The third-order valence-corrected chi connectivity index (χ3v) is 2.80. The Balaban J connectivity index is 2.16. The molecule has 0 aliphatic heterocycles. The maximum absolute atomic E-state index is 4.36. The van der Waals surface area contributed by atoms with E-state index in [1.54, 1.807) is 11.7 Å². The molecule has 0 aromatic carbocycles. The lowest BCUT2D eigenvalue weighted by atomic mass is 10.3. The minimum Gasteiger partial charge on any atom is -0.357 e. The van der Waals surface area contributed by atoms with Gasteiger partial charge in [-0.05, 0) is 6.92 Å². The van der Waals surface area contributed by atoms with Gasteiger partial charge in [0.1, 0.15) is 0 Å². The Labute approximate surface area is 118 Å². The van der Waals surface area contributed by atoms with Gasteiger partial charge in [-0.1, -0.05) is 0 Å². The number of hydrogen-bond donors (Lipinski definition) is 2.